The van der Waals surface area contributed by atoms with Crippen LogP contribution in [0, 0.1) is 0 Å². The summed E-state index contributed by atoms with van der Waals surface area (Å²) in [6.45, 7) is 4.67. The molecule has 0 atom stereocenters. The number of carbonyl (C=O) groups is 1. The molecule has 0 aliphatic heterocycles. The van der Waals surface area contributed by atoms with Gasteiger partial charge in [-0.3, -0.25) is 4.79 Å². The number of likely N-dealkylation sites (N-methyl/N-ethyl adjacent to an activating group) is 1. The fraction of sp³-hybridized carbons (Fsp3) is 0.200. The number of hydrogen-bond donors (Lipinski definition) is 2. The monoisotopic (exact) mass is 473 g/mol. The molecule has 1 amide bonds. The molecule has 1 aromatic carbocycles. The van der Waals surface area contributed by atoms with Crippen LogP contribution in [0.2, 0.25) is 0 Å². The Morgan fingerprint density at radius 2 is 2.06 bits per heavy atom. The quantitative estimate of drug-likeness (QED) is 0.337. The summed E-state index contributed by atoms with van der Waals surface area (Å²) in [5, 5.41) is 10.4. The Hall–Kier alpha value is -4.44. The topological polar surface area (TPSA) is 106 Å². The molecule has 3 aromatic heterocycles. The van der Waals surface area contributed by atoms with Crippen LogP contribution < -0.4 is 20.1 Å². The molecule has 0 radical (unpaired) electrons. The van der Waals surface area contributed by atoms with E-state index in [2.05, 4.69) is 32.3 Å². The molecule has 180 valence electrons. The van der Waals surface area contributed by atoms with Crippen LogP contribution in [0.25, 0.3) is 16.8 Å². The number of fused-ring (bicyclic) bond motifs is 1. The average Bonchev–Trinajstić information content (AvgIpc) is 3.29. The minimum absolute atomic E-state index is 0.357. The van der Waals surface area contributed by atoms with Crippen LogP contribution >= 0.6 is 0 Å². The highest BCUT2D eigenvalue weighted by molar-refractivity contribution is 6.00. The molecule has 0 spiro atoms. The van der Waals surface area contributed by atoms with Crippen LogP contribution in [-0.4, -0.2) is 64.7 Å². The van der Waals surface area contributed by atoms with Gasteiger partial charge in [0.05, 0.1) is 35.9 Å². The molecule has 0 saturated carbocycles. The maximum absolute atomic E-state index is 12.0. The Kier molecular flexibility index (Phi) is 7.22. The van der Waals surface area contributed by atoms with Crippen molar-refractivity contribution in [2.24, 2.45) is 0 Å². The standard InChI is InChI=1S/C25H27N7O3/c1-5-24(33)28-20-14-19(22(34-4)15-23(20)35-13-12-31(2)3)30-25-26-10-9-18(29-25)17-16-27-32-11-7-6-8-21(17)32/h5-11,14-16H,1,12-13H2,2-4H3,(H,28,33)(H,26,29,30). The molecule has 2 N–H and O–H groups in total. The first-order valence-corrected chi connectivity index (χ1v) is 10.9. The van der Waals surface area contributed by atoms with Gasteiger partial charge in [0.2, 0.25) is 11.9 Å². The van der Waals surface area contributed by atoms with Gasteiger partial charge in [0.1, 0.15) is 18.1 Å². The first-order valence-electron chi connectivity index (χ1n) is 10.9. The lowest BCUT2D eigenvalue weighted by Crippen LogP contribution is -2.20. The van der Waals surface area contributed by atoms with E-state index in [0.29, 0.717) is 47.7 Å². The lowest BCUT2D eigenvalue weighted by Gasteiger charge is -2.18. The Bertz CT molecular complexity index is 1350. The van der Waals surface area contributed by atoms with Crippen molar-refractivity contribution in [1.29, 1.82) is 0 Å². The largest absolute Gasteiger partial charge is 0.494 e. The summed E-state index contributed by atoms with van der Waals surface area (Å²) in [7, 11) is 5.47. The first-order chi connectivity index (χ1) is 17.0. The number of ether oxygens (including phenoxy) is 2. The number of pyridine rings is 1. The van der Waals surface area contributed by atoms with Gasteiger partial charge in [-0.15, -0.1) is 0 Å². The molecule has 0 saturated heterocycles. The summed E-state index contributed by atoms with van der Waals surface area (Å²) in [4.78, 5) is 23.1. The van der Waals surface area contributed by atoms with Crippen molar-refractivity contribution >= 4 is 28.7 Å². The zero-order valence-electron chi connectivity index (χ0n) is 19.9. The summed E-state index contributed by atoms with van der Waals surface area (Å²) >= 11 is 0. The molecule has 0 fully saturated rings. The normalized spacial score (nSPS) is 10.9. The van der Waals surface area contributed by atoms with E-state index in [0.717, 1.165) is 11.1 Å². The van der Waals surface area contributed by atoms with E-state index >= 15 is 0 Å². The number of nitrogens with one attached hydrogen (secondary N) is 2. The molecule has 3 heterocycles. The second-order valence-corrected chi connectivity index (χ2v) is 7.87. The van der Waals surface area contributed by atoms with Crippen molar-refractivity contribution in [3.05, 3.63) is 67.6 Å². The van der Waals surface area contributed by atoms with Crippen molar-refractivity contribution in [3.63, 3.8) is 0 Å². The number of benzene rings is 1. The van der Waals surface area contributed by atoms with Gasteiger partial charge in [-0.05, 0) is 44.4 Å². The third kappa shape index (κ3) is 5.56. The maximum atomic E-state index is 12.0. The predicted octanol–water partition coefficient (Wildman–Crippen LogP) is 3.61. The van der Waals surface area contributed by atoms with E-state index in [-0.39, 0.29) is 5.91 Å². The molecule has 0 bridgehead atoms. The second-order valence-electron chi connectivity index (χ2n) is 7.87. The summed E-state index contributed by atoms with van der Waals surface area (Å²) in [6, 6.07) is 11.1. The molecule has 4 rings (SSSR count). The Balaban J connectivity index is 1.66. The highest BCUT2D eigenvalue weighted by atomic mass is 16.5. The van der Waals surface area contributed by atoms with E-state index in [1.54, 1.807) is 36.2 Å². The molecule has 10 heteroatoms. The fourth-order valence-corrected chi connectivity index (χ4v) is 3.39. The summed E-state index contributed by atoms with van der Waals surface area (Å²) in [5.74, 6) is 0.986. The van der Waals surface area contributed by atoms with E-state index < -0.39 is 0 Å². The lowest BCUT2D eigenvalue weighted by atomic mass is 10.2. The summed E-state index contributed by atoms with van der Waals surface area (Å²) in [6.07, 6.45) is 6.52. The molecule has 0 unspecified atom stereocenters. The van der Waals surface area contributed by atoms with Crippen molar-refractivity contribution in [1.82, 2.24) is 24.5 Å². The van der Waals surface area contributed by atoms with Gasteiger partial charge in [0.25, 0.3) is 0 Å². The van der Waals surface area contributed by atoms with Crippen LogP contribution in [-0.2, 0) is 4.79 Å². The molecule has 0 aliphatic rings. The Labute approximate surface area is 203 Å². The fourth-order valence-electron chi connectivity index (χ4n) is 3.39. The van der Waals surface area contributed by atoms with E-state index in [1.165, 1.54) is 6.08 Å². The number of anilines is 3. The van der Waals surface area contributed by atoms with Gasteiger partial charge in [-0.2, -0.15) is 5.10 Å². The number of methoxy groups -OCH3 is 1. The molecular formula is C25H27N7O3. The minimum Gasteiger partial charge on any atom is -0.494 e. The number of nitrogens with zero attached hydrogens (tertiary/aromatic N) is 5. The van der Waals surface area contributed by atoms with Gasteiger partial charge in [0.15, 0.2) is 0 Å². The first kappa shape index (κ1) is 23.7. The number of hydrogen-bond acceptors (Lipinski definition) is 8. The maximum Gasteiger partial charge on any atom is 0.247 e. The molecule has 10 nitrogen and oxygen atoms in total. The number of aromatic nitrogens is 4. The van der Waals surface area contributed by atoms with Gasteiger partial charge in [-0.1, -0.05) is 12.6 Å². The zero-order chi connectivity index (χ0) is 24.8. The third-order valence-corrected chi connectivity index (χ3v) is 5.15. The number of rotatable bonds is 10. The van der Waals surface area contributed by atoms with E-state index in [4.69, 9.17) is 9.47 Å². The molecule has 4 aromatic rings. The van der Waals surface area contributed by atoms with Crippen molar-refractivity contribution in [2.75, 3.05) is 45.0 Å². The second kappa shape index (κ2) is 10.7. The predicted molar refractivity (Wildman–Crippen MR) is 135 cm³/mol. The third-order valence-electron chi connectivity index (χ3n) is 5.15. The molecule has 0 aliphatic carbocycles. The van der Waals surface area contributed by atoms with Gasteiger partial charge < -0.3 is 25.0 Å². The molecule has 35 heavy (non-hydrogen) atoms. The number of carbonyl (C=O) groups excluding carboxylic acids is 1. The van der Waals surface area contributed by atoms with Crippen LogP contribution in [0.5, 0.6) is 11.5 Å². The summed E-state index contributed by atoms with van der Waals surface area (Å²) < 4.78 is 13.3. The van der Waals surface area contributed by atoms with E-state index in [9.17, 15) is 4.79 Å². The highest BCUT2D eigenvalue weighted by Gasteiger charge is 2.16. The summed E-state index contributed by atoms with van der Waals surface area (Å²) in [5.41, 5.74) is 3.56. The van der Waals surface area contributed by atoms with Gasteiger partial charge in [0, 0.05) is 30.6 Å². The Morgan fingerprint density at radius 1 is 1.20 bits per heavy atom. The van der Waals surface area contributed by atoms with Crippen molar-refractivity contribution < 1.29 is 14.3 Å². The zero-order valence-corrected chi connectivity index (χ0v) is 19.9. The van der Waals surface area contributed by atoms with Crippen LogP contribution in [0.15, 0.2) is 67.6 Å². The lowest BCUT2D eigenvalue weighted by molar-refractivity contribution is -0.111. The van der Waals surface area contributed by atoms with Crippen LogP contribution in [0.1, 0.15) is 0 Å². The van der Waals surface area contributed by atoms with Gasteiger partial charge >= 0.3 is 0 Å². The molecular weight excluding hydrogens is 446 g/mol. The smallest absolute Gasteiger partial charge is 0.247 e. The minimum atomic E-state index is -0.357. The van der Waals surface area contributed by atoms with Crippen molar-refractivity contribution in [2.45, 2.75) is 0 Å². The number of amides is 1. The SMILES string of the molecule is C=CC(=O)Nc1cc(Nc2nccc(-c3cnn4ccccc34)n2)c(OC)cc1OCCN(C)C. The van der Waals surface area contributed by atoms with Crippen LogP contribution in [0.3, 0.4) is 0 Å². The van der Waals surface area contributed by atoms with Crippen molar-refractivity contribution in [3.8, 4) is 22.8 Å². The van der Waals surface area contributed by atoms with Crippen LogP contribution in [0.4, 0.5) is 17.3 Å². The van der Waals surface area contributed by atoms with E-state index in [1.807, 2.05) is 49.5 Å². The average molecular weight is 474 g/mol. The highest BCUT2D eigenvalue weighted by Crippen LogP contribution is 2.38. The van der Waals surface area contributed by atoms with Gasteiger partial charge in [-0.25, -0.2) is 14.5 Å². The Morgan fingerprint density at radius 3 is 2.83 bits per heavy atom.